The van der Waals surface area contributed by atoms with Crippen molar-refractivity contribution in [1.82, 2.24) is 117 Å². The van der Waals surface area contributed by atoms with Gasteiger partial charge in [-0.05, 0) is 66.5 Å². The van der Waals surface area contributed by atoms with Crippen molar-refractivity contribution >= 4 is 143 Å². The summed E-state index contributed by atoms with van der Waals surface area (Å²) in [6.07, 6.45) is 20.6. The number of rotatable bonds is 17. The fourth-order valence-electron chi connectivity index (χ4n) is 18.5. The van der Waals surface area contributed by atoms with Crippen LogP contribution in [0.5, 0.6) is 0 Å². The smallest absolute Gasteiger partial charge is 0.263 e. The van der Waals surface area contributed by atoms with Gasteiger partial charge >= 0.3 is 0 Å². The van der Waals surface area contributed by atoms with Gasteiger partial charge in [0.25, 0.3) is 35.4 Å². The number of sulfonamides is 1. The maximum absolute atomic E-state index is 15.0. The summed E-state index contributed by atoms with van der Waals surface area (Å²) >= 11 is 0. The van der Waals surface area contributed by atoms with Crippen LogP contribution in [-0.2, 0) is 33.9 Å². The number of likely N-dealkylation sites (tertiary alicyclic amines) is 2. The standard InChI is InChI=1S/C23H27F2N9O2.C22H27F2N9O3S.C22H25F2N9O3.C21H23F2N9O3/c1-31-5-3-2-4-17(31)23(36)33-8-6-32(7-9-33)19-15(25)11-27-12-16(19)29-22(35)18-20(26)30-34-13-14(24)10-28-21(18)34;1-30-4-2-15(3-5-30)37(35,36)32-8-6-31(7-9-32)19-16(24)11-26-12-17(19)28-22(34)18-20(25)29-33-13-14(23)10-27-21(18)33;1-30-6-7-36-16(12-30)22(35)32-4-2-31(3-5-32)18-14(24)9-26-10-15(18)28-21(34)17-19(25)29-33-11-13(23)8-27-20(17)33;22-12-7-27-19-16(18(24)29-32(19)11-12)20(33)28-14-9-26-8-13(23)17(14)30-2-4-31(5-3-30)21(34)15-10-25-1-6-35-15/h10-13,17H,2-9H2,1H3,(H2,26,30)(H,29,35);10-13,15H,2-9H2,1H3,(H2,25,29)(H,28,34);8-11,16H,2-7,12H2,1H3,(H2,25,29)(H,28,34);7-9,11,15,25H,1-6,10H2,(H2,24,29)(H,28,33). The summed E-state index contributed by atoms with van der Waals surface area (Å²) in [5.74, 6) is -8.60. The number of piperazine rings is 4. The third-order valence-electron chi connectivity index (χ3n) is 25.8. The van der Waals surface area contributed by atoms with E-state index in [0.717, 1.165) is 138 Å². The van der Waals surface area contributed by atoms with E-state index in [4.69, 9.17) is 32.4 Å². The Hall–Kier alpha value is -15.1. The van der Waals surface area contributed by atoms with Gasteiger partial charge in [-0.3, -0.25) is 58.4 Å². The number of nitrogens with one attached hydrogen (secondary N) is 5. The number of carbonyl (C=O) groups excluding carboxylic acids is 7. The summed E-state index contributed by atoms with van der Waals surface area (Å²) in [5, 5.41) is 28.9. The third kappa shape index (κ3) is 21.8. The number of aromatic nitrogens is 16. The van der Waals surface area contributed by atoms with Crippen LogP contribution in [0.2, 0.25) is 0 Å². The van der Waals surface area contributed by atoms with Gasteiger partial charge in [0, 0.05) is 131 Å². The molecule has 7 amide bonds. The average Bonchev–Trinajstić information content (AvgIpc) is 1.51. The van der Waals surface area contributed by atoms with E-state index in [-0.39, 0.29) is 164 Å². The quantitative estimate of drug-likeness (QED) is 0.0590. The van der Waals surface area contributed by atoms with Crippen LogP contribution < -0.4 is 69.1 Å². The van der Waals surface area contributed by atoms with Crippen LogP contribution in [-0.4, -0.2) is 370 Å². The van der Waals surface area contributed by atoms with Gasteiger partial charge in [-0.1, -0.05) is 6.42 Å². The van der Waals surface area contributed by atoms with Gasteiger partial charge in [0.1, 0.15) is 57.2 Å². The fraction of sp³-hybridized carbons (Fsp3) is 0.420. The SMILES string of the molecule is CN1CCC(S(=O)(=O)N2CCN(c3c(F)cncc3NC(=O)c3c(N)nn4cc(F)cnc34)CC2)CC1.CN1CCCCC1C(=O)N1CCN(c2c(F)cncc2NC(=O)c2c(N)nn3cc(F)cnc23)CC1.CN1CCOC(C(=O)N2CCN(c3c(F)cncc3NC(=O)c3c(N)nn4cc(F)cnc34)CC2)C1.Nc1nn2cc(F)cnc2c1C(=O)Nc1cncc(F)c1N1CCN(C(=O)C2CNCCO2)CC1. The van der Waals surface area contributed by atoms with Gasteiger partial charge < -0.3 is 103 Å². The summed E-state index contributed by atoms with van der Waals surface area (Å²) in [7, 11) is 2.43. The van der Waals surface area contributed by atoms with Crippen LogP contribution in [0.15, 0.2) is 99.1 Å². The van der Waals surface area contributed by atoms with E-state index in [2.05, 4.69) is 96.7 Å². The normalized spacial score (nSPS) is 18.8. The highest BCUT2D eigenvalue weighted by molar-refractivity contribution is 7.89. The zero-order valence-corrected chi connectivity index (χ0v) is 78.9. The largest absolute Gasteiger partial charge is 0.381 e. The molecule has 3 atom stereocenters. The molecule has 3 unspecified atom stereocenters. The molecule has 8 saturated heterocycles. The zero-order valence-electron chi connectivity index (χ0n) is 78.1. The number of morpholine rings is 2. The van der Waals surface area contributed by atoms with Crippen LogP contribution in [0.1, 0.15) is 73.5 Å². The van der Waals surface area contributed by atoms with Gasteiger partial charge in [-0.2, -0.15) is 4.31 Å². The molecule has 56 heteroatoms. The van der Waals surface area contributed by atoms with Crippen LogP contribution in [0, 0.1) is 46.5 Å². The Morgan fingerprint density at radius 1 is 0.375 bits per heavy atom. The number of nitrogen functional groups attached to an aromatic ring is 4. The maximum atomic E-state index is 15.0. The molecule has 144 heavy (non-hydrogen) atoms. The molecule has 0 saturated carbocycles. The van der Waals surface area contributed by atoms with E-state index in [1.54, 1.807) is 29.4 Å². The fourth-order valence-corrected chi connectivity index (χ4v) is 20.4. The van der Waals surface area contributed by atoms with Gasteiger partial charge in [-0.15, -0.1) is 20.4 Å². The second-order valence-corrected chi connectivity index (χ2v) is 37.3. The topological polar surface area (TPSA) is 544 Å². The van der Waals surface area contributed by atoms with Crippen molar-refractivity contribution in [1.29, 1.82) is 0 Å². The molecule has 12 aromatic rings. The second kappa shape index (κ2) is 43.4. The van der Waals surface area contributed by atoms with Crippen molar-refractivity contribution in [3.05, 3.63) is 168 Å². The first-order chi connectivity index (χ1) is 69.2. The van der Waals surface area contributed by atoms with Crippen molar-refractivity contribution in [2.24, 2.45) is 0 Å². The van der Waals surface area contributed by atoms with E-state index in [0.29, 0.717) is 124 Å². The zero-order chi connectivity index (χ0) is 102. The van der Waals surface area contributed by atoms with Crippen LogP contribution in [0.3, 0.4) is 0 Å². The molecule has 0 aliphatic carbocycles. The number of likely N-dealkylation sites (N-methyl/N-ethyl adjacent to an activating group) is 2. The van der Waals surface area contributed by atoms with Crippen molar-refractivity contribution in [3.8, 4) is 0 Å². The molecule has 762 valence electrons. The predicted molar refractivity (Wildman–Crippen MR) is 508 cm³/mol. The molecular formula is C88H102F8N36O11S. The van der Waals surface area contributed by atoms with Crippen LogP contribution in [0.4, 0.5) is 104 Å². The Morgan fingerprint density at radius 2 is 0.701 bits per heavy atom. The van der Waals surface area contributed by atoms with Gasteiger partial charge in [0.2, 0.25) is 15.9 Å². The Morgan fingerprint density at radius 3 is 1.03 bits per heavy atom. The van der Waals surface area contributed by atoms with E-state index >= 15 is 0 Å². The number of carbonyl (C=O) groups is 7. The van der Waals surface area contributed by atoms with E-state index in [1.807, 2.05) is 30.9 Å². The number of nitrogens with zero attached hydrogens (tertiary/aromatic N) is 27. The molecular weight excluding hydrogens is 1920 g/mol. The van der Waals surface area contributed by atoms with Gasteiger partial charge in [-0.25, -0.2) is 81.5 Å². The molecule has 47 nitrogen and oxygen atoms in total. The Balaban J connectivity index is 0.000000132. The maximum Gasteiger partial charge on any atom is 0.263 e. The summed E-state index contributed by atoms with van der Waals surface area (Å²) in [5.41, 5.74) is 24.4. The molecule has 8 aliphatic heterocycles. The number of ether oxygens (including phenoxy) is 2. The molecule has 0 bridgehead atoms. The molecule has 0 radical (unpaired) electrons. The number of piperidine rings is 2. The number of nitrogens with two attached hydrogens (primary N) is 4. The first-order valence-electron chi connectivity index (χ1n) is 46.0. The molecule has 20 heterocycles. The van der Waals surface area contributed by atoms with E-state index in [1.165, 1.54) is 29.1 Å². The Kier molecular flexibility index (Phi) is 30.2. The van der Waals surface area contributed by atoms with Crippen molar-refractivity contribution < 1.29 is 86.6 Å². The highest BCUT2D eigenvalue weighted by atomic mass is 32.2. The van der Waals surface area contributed by atoms with Crippen LogP contribution in [0.25, 0.3) is 22.6 Å². The monoisotopic (exact) mass is 2020 g/mol. The van der Waals surface area contributed by atoms with E-state index < -0.39 is 97.6 Å². The number of hydrogen-bond acceptors (Lipinski definition) is 35. The Labute approximate surface area is 815 Å². The first kappa shape index (κ1) is 100. The molecule has 0 spiro atoms. The van der Waals surface area contributed by atoms with E-state index in [9.17, 15) is 77.1 Å². The predicted octanol–water partition coefficient (Wildman–Crippen LogP) is 2.24. The number of halogens is 8. The number of pyridine rings is 4. The average molecular weight is 2020 g/mol. The lowest BCUT2D eigenvalue weighted by molar-refractivity contribution is -0.149. The lowest BCUT2D eigenvalue weighted by atomic mass is 10.0. The number of fused-ring (bicyclic) bond motifs is 4. The van der Waals surface area contributed by atoms with Crippen molar-refractivity contribution in [3.63, 3.8) is 0 Å². The lowest BCUT2D eigenvalue weighted by Gasteiger charge is -2.40. The van der Waals surface area contributed by atoms with Crippen molar-refractivity contribution in [2.75, 3.05) is 249 Å². The summed E-state index contributed by atoms with van der Waals surface area (Å²) < 4.78 is 157. The molecule has 12 aromatic heterocycles. The van der Waals surface area contributed by atoms with Gasteiger partial charge in [0.05, 0.1) is 146 Å². The van der Waals surface area contributed by atoms with Gasteiger partial charge in [0.15, 0.2) is 92.4 Å². The minimum Gasteiger partial charge on any atom is -0.381 e. The van der Waals surface area contributed by atoms with Crippen molar-refractivity contribution in [2.45, 2.75) is 55.6 Å². The Bertz CT molecular complexity index is 6940. The first-order valence-corrected chi connectivity index (χ1v) is 47.6. The minimum atomic E-state index is -3.46. The molecule has 8 fully saturated rings. The number of hydrogen-bond donors (Lipinski definition) is 9. The summed E-state index contributed by atoms with van der Waals surface area (Å²) in [6, 6.07) is -0.115. The minimum absolute atomic E-state index is 0.0371. The number of anilines is 12. The third-order valence-corrected chi connectivity index (χ3v) is 28.2. The highest BCUT2D eigenvalue weighted by Gasteiger charge is 2.41. The molecule has 20 rings (SSSR count). The lowest BCUT2D eigenvalue weighted by Crippen LogP contribution is -2.55. The molecule has 13 N–H and O–H groups in total. The summed E-state index contributed by atoms with van der Waals surface area (Å²) in [6.45, 7) is 11.2. The second-order valence-electron chi connectivity index (χ2n) is 35.1. The molecule has 8 aliphatic rings. The molecule has 0 aromatic carbocycles. The van der Waals surface area contributed by atoms with Crippen LogP contribution >= 0.6 is 0 Å². The summed E-state index contributed by atoms with van der Waals surface area (Å²) in [4.78, 5) is 140. The number of amides is 7. The highest BCUT2D eigenvalue weighted by Crippen LogP contribution is 2.38.